The molecule has 3 atom stereocenters. The fraction of sp³-hybridized carbons (Fsp3) is 0.321. The first-order chi connectivity index (χ1) is 20.6. The average molecular weight is 613 g/mol. The van der Waals surface area contributed by atoms with E-state index in [0.29, 0.717) is 42.0 Å². The van der Waals surface area contributed by atoms with Gasteiger partial charge in [0.15, 0.2) is 17.3 Å². The molecule has 224 valence electrons. The number of nitrogens with zero attached hydrogens (tertiary/aromatic N) is 5. The van der Waals surface area contributed by atoms with Gasteiger partial charge >= 0.3 is 6.09 Å². The second-order valence-corrected chi connectivity index (χ2v) is 10.5. The van der Waals surface area contributed by atoms with Crippen molar-refractivity contribution < 1.29 is 27.9 Å². The minimum absolute atomic E-state index is 0.0936. The minimum Gasteiger partial charge on any atom is -0.453 e. The van der Waals surface area contributed by atoms with Crippen LogP contribution in [0.25, 0.3) is 5.69 Å². The van der Waals surface area contributed by atoms with Crippen molar-refractivity contribution >= 4 is 52.9 Å². The SMILES string of the molecule is COC(=O)Nc1ccc2c(c1)NC(=O)[C@H](C)CCC[C@H](NC(=O)c1nnn(-c3c(F)ccc(Cl)c3F)c1C)C1=NC2C=N1. The van der Waals surface area contributed by atoms with E-state index in [0.717, 1.165) is 16.8 Å². The Labute approximate surface area is 249 Å². The van der Waals surface area contributed by atoms with Crippen LogP contribution in [0.2, 0.25) is 5.02 Å². The van der Waals surface area contributed by atoms with Gasteiger partial charge in [0.25, 0.3) is 5.91 Å². The molecule has 0 saturated carbocycles. The topological polar surface area (TPSA) is 152 Å². The molecule has 2 bridgehead atoms. The molecule has 3 amide bonds. The lowest BCUT2D eigenvalue weighted by atomic mass is 9.98. The number of halogens is 3. The van der Waals surface area contributed by atoms with Gasteiger partial charge in [-0.05, 0) is 44.0 Å². The number of aliphatic imine (C=N–C) groups is 2. The summed E-state index contributed by atoms with van der Waals surface area (Å²) in [7, 11) is 1.25. The molecular weight excluding hydrogens is 586 g/mol. The Bertz CT molecular complexity index is 1670. The molecule has 12 nitrogen and oxygen atoms in total. The zero-order chi connectivity index (χ0) is 30.8. The van der Waals surface area contributed by atoms with Crippen molar-refractivity contribution in [2.24, 2.45) is 15.9 Å². The number of carbonyl (C=O) groups is 3. The first-order valence-electron chi connectivity index (χ1n) is 13.4. The van der Waals surface area contributed by atoms with Gasteiger partial charge in [0.2, 0.25) is 5.91 Å². The molecule has 3 N–H and O–H groups in total. The lowest BCUT2D eigenvalue weighted by Gasteiger charge is -2.21. The van der Waals surface area contributed by atoms with Crippen LogP contribution in [0.5, 0.6) is 0 Å². The van der Waals surface area contributed by atoms with Crippen molar-refractivity contribution in [3.05, 3.63) is 63.9 Å². The molecule has 3 aromatic rings. The monoisotopic (exact) mass is 612 g/mol. The van der Waals surface area contributed by atoms with E-state index < -0.39 is 41.4 Å². The Morgan fingerprint density at radius 2 is 1.98 bits per heavy atom. The van der Waals surface area contributed by atoms with Gasteiger partial charge in [0.05, 0.1) is 23.9 Å². The van der Waals surface area contributed by atoms with Crippen LogP contribution in [0, 0.1) is 24.5 Å². The molecule has 2 aromatic carbocycles. The van der Waals surface area contributed by atoms with Crippen molar-refractivity contribution in [3.8, 4) is 5.69 Å². The lowest BCUT2D eigenvalue weighted by molar-refractivity contribution is -0.119. The second-order valence-electron chi connectivity index (χ2n) is 10.1. The maximum atomic E-state index is 14.6. The van der Waals surface area contributed by atoms with Crippen LogP contribution < -0.4 is 16.0 Å². The maximum Gasteiger partial charge on any atom is 0.411 e. The summed E-state index contributed by atoms with van der Waals surface area (Å²) in [5.74, 6) is -2.83. The highest BCUT2D eigenvalue weighted by atomic mass is 35.5. The van der Waals surface area contributed by atoms with E-state index in [9.17, 15) is 23.2 Å². The molecule has 2 aliphatic heterocycles. The summed E-state index contributed by atoms with van der Waals surface area (Å²) < 4.78 is 34.7. The smallest absolute Gasteiger partial charge is 0.411 e. The van der Waals surface area contributed by atoms with Crippen molar-refractivity contribution in [1.82, 2.24) is 20.3 Å². The third kappa shape index (κ3) is 6.09. The van der Waals surface area contributed by atoms with Gasteiger partial charge in [-0.2, -0.15) is 0 Å². The summed E-state index contributed by atoms with van der Waals surface area (Å²) in [6.07, 6.45) is 2.38. The van der Waals surface area contributed by atoms with Crippen molar-refractivity contribution in [2.45, 2.75) is 45.2 Å². The molecule has 15 heteroatoms. The van der Waals surface area contributed by atoms with Crippen LogP contribution in [0.1, 0.15) is 54.0 Å². The zero-order valence-corrected chi connectivity index (χ0v) is 24.1. The number of amides is 3. The molecule has 0 spiro atoms. The molecule has 0 saturated heterocycles. The normalized spacial score (nSPS) is 19.8. The molecular formula is C28H27ClF2N8O4. The Morgan fingerprint density at radius 3 is 2.74 bits per heavy atom. The number of benzene rings is 2. The predicted molar refractivity (Wildman–Crippen MR) is 155 cm³/mol. The molecule has 1 aromatic heterocycles. The lowest BCUT2D eigenvalue weighted by Crippen LogP contribution is -2.40. The van der Waals surface area contributed by atoms with Crippen LogP contribution in [0.15, 0.2) is 40.3 Å². The van der Waals surface area contributed by atoms with E-state index in [1.54, 1.807) is 31.3 Å². The van der Waals surface area contributed by atoms with Crippen molar-refractivity contribution in [1.29, 1.82) is 0 Å². The summed E-state index contributed by atoms with van der Waals surface area (Å²) in [6.45, 7) is 3.25. The number of nitrogens with one attached hydrogen (secondary N) is 3. The third-order valence-electron chi connectivity index (χ3n) is 7.22. The van der Waals surface area contributed by atoms with Crippen molar-refractivity contribution in [3.63, 3.8) is 0 Å². The number of carbonyl (C=O) groups excluding carboxylic acids is 3. The number of aromatic nitrogens is 3. The third-order valence-corrected chi connectivity index (χ3v) is 7.51. The molecule has 1 unspecified atom stereocenters. The summed E-state index contributed by atoms with van der Waals surface area (Å²) in [5.41, 5.74) is 0.886. The number of hydrogen-bond acceptors (Lipinski definition) is 8. The Balaban J connectivity index is 1.44. The fourth-order valence-electron chi connectivity index (χ4n) is 4.82. The number of anilines is 2. The Morgan fingerprint density at radius 1 is 1.19 bits per heavy atom. The van der Waals surface area contributed by atoms with Gasteiger partial charge in [-0.25, -0.2) is 23.2 Å². The molecule has 5 rings (SSSR count). The first kappa shape index (κ1) is 29.8. The number of ether oxygens (including phenoxy) is 1. The number of hydrogen-bond donors (Lipinski definition) is 3. The average Bonchev–Trinajstić information content (AvgIpc) is 3.61. The van der Waals surface area contributed by atoms with E-state index >= 15 is 0 Å². The highest BCUT2D eigenvalue weighted by Crippen LogP contribution is 2.32. The highest BCUT2D eigenvalue weighted by molar-refractivity contribution is 6.30. The predicted octanol–water partition coefficient (Wildman–Crippen LogP) is 4.77. The van der Waals surface area contributed by atoms with Gasteiger partial charge in [-0.3, -0.25) is 19.9 Å². The Hall–Kier alpha value is -4.72. The summed E-state index contributed by atoms with van der Waals surface area (Å²) in [6, 6.07) is 5.81. The van der Waals surface area contributed by atoms with E-state index in [-0.39, 0.29) is 28.2 Å². The van der Waals surface area contributed by atoms with Crippen molar-refractivity contribution in [2.75, 3.05) is 17.7 Å². The number of methoxy groups -OCH3 is 1. The minimum atomic E-state index is -1.03. The Kier molecular flexibility index (Phi) is 8.48. The zero-order valence-electron chi connectivity index (χ0n) is 23.3. The van der Waals surface area contributed by atoms with Crippen LogP contribution in [-0.4, -0.2) is 58.1 Å². The molecule has 0 aliphatic carbocycles. The van der Waals surface area contributed by atoms with Gasteiger partial charge in [0, 0.05) is 29.1 Å². The maximum absolute atomic E-state index is 14.6. The second kappa shape index (κ2) is 12.3. The largest absolute Gasteiger partial charge is 0.453 e. The van der Waals surface area contributed by atoms with E-state index in [1.807, 2.05) is 0 Å². The van der Waals surface area contributed by atoms with Gasteiger partial charge in [-0.1, -0.05) is 36.2 Å². The summed E-state index contributed by atoms with van der Waals surface area (Å²) >= 11 is 5.83. The number of fused-ring (bicyclic) bond motifs is 3. The first-order valence-corrected chi connectivity index (χ1v) is 13.7. The van der Waals surface area contributed by atoms with Crippen LogP contribution in [0.4, 0.5) is 25.0 Å². The van der Waals surface area contributed by atoms with E-state index in [2.05, 4.69) is 36.0 Å². The van der Waals surface area contributed by atoms with E-state index in [4.69, 9.17) is 16.6 Å². The van der Waals surface area contributed by atoms with Gasteiger partial charge in [0.1, 0.15) is 17.6 Å². The number of rotatable bonds is 4. The van der Waals surface area contributed by atoms with Crippen LogP contribution in [-0.2, 0) is 9.53 Å². The number of amidine groups is 1. The quantitative estimate of drug-likeness (QED) is 0.361. The van der Waals surface area contributed by atoms with E-state index in [1.165, 1.54) is 14.0 Å². The van der Waals surface area contributed by atoms with Gasteiger partial charge in [-0.15, -0.1) is 5.10 Å². The molecule has 0 fully saturated rings. The van der Waals surface area contributed by atoms with Crippen LogP contribution >= 0.6 is 11.6 Å². The molecule has 0 radical (unpaired) electrons. The van der Waals surface area contributed by atoms with Gasteiger partial charge < -0.3 is 15.4 Å². The summed E-state index contributed by atoms with van der Waals surface area (Å²) in [4.78, 5) is 47.3. The highest BCUT2D eigenvalue weighted by Gasteiger charge is 2.30. The van der Waals surface area contributed by atoms with Crippen LogP contribution in [0.3, 0.4) is 0 Å². The standard InChI is InChI=1S/C28H27ClF2N8O4/c1-13-5-4-6-19(35-27(41)23-14(2)39(38-37-23)24-18(30)10-9-17(29)22(24)31)25-32-12-21(34-25)16-8-7-15(33-28(42)43-3)11-20(16)36-26(13)40/h7-13,19,21H,4-6H2,1-3H3,(H,33,42)(H,35,41)(H,36,40)/t13-,19+,21?/m1/s1. The summed E-state index contributed by atoms with van der Waals surface area (Å²) in [5, 5.41) is 15.7. The fourth-order valence-corrected chi connectivity index (χ4v) is 4.98. The molecule has 2 aliphatic rings. The molecule has 3 heterocycles. The molecule has 43 heavy (non-hydrogen) atoms.